The van der Waals surface area contributed by atoms with Gasteiger partial charge in [-0.3, -0.25) is 9.63 Å². The maximum atomic E-state index is 13.1. The summed E-state index contributed by atoms with van der Waals surface area (Å²) in [6.07, 6.45) is 3.40. The van der Waals surface area contributed by atoms with Gasteiger partial charge in [0.15, 0.2) is 11.6 Å². The quantitative estimate of drug-likeness (QED) is 0.683. The highest BCUT2D eigenvalue weighted by atomic mass is 79.9. The monoisotopic (exact) mass is 319 g/mol. The van der Waals surface area contributed by atoms with Crippen LogP contribution in [0.5, 0.6) is 0 Å². The van der Waals surface area contributed by atoms with Gasteiger partial charge in [-0.15, -0.1) is 0 Å². The summed E-state index contributed by atoms with van der Waals surface area (Å²) in [6.45, 7) is 0.455. The SMILES string of the molecule is O=C(NOCC1CCC1)c1cc(F)c(F)c(Br)c1. The van der Waals surface area contributed by atoms with Crippen molar-refractivity contribution < 1.29 is 18.4 Å². The highest BCUT2D eigenvalue weighted by molar-refractivity contribution is 9.10. The highest BCUT2D eigenvalue weighted by Gasteiger charge is 2.18. The van der Waals surface area contributed by atoms with Crippen LogP contribution in [0, 0.1) is 17.6 Å². The smallest absolute Gasteiger partial charge is 0.273 e. The number of benzene rings is 1. The Labute approximate surface area is 112 Å². The Hall–Kier alpha value is -1.01. The molecule has 0 saturated heterocycles. The summed E-state index contributed by atoms with van der Waals surface area (Å²) in [4.78, 5) is 16.6. The number of hydrogen-bond donors (Lipinski definition) is 1. The average Bonchev–Trinajstić information content (AvgIpc) is 2.28. The van der Waals surface area contributed by atoms with Crippen molar-refractivity contribution in [3.8, 4) is 0 Å². The third kappa shape index (κ3) is 3.05. The molecule has 18 heavy (non-hydrogen) atoms. The van der Waals surface area contributed by atoms with E-state index in [0.29, 0.717) is 12.5 Å². The first-order chi connectivity index (χ1) is 8.58. The summed E-state index contributed by atoms with van der Waals surface area (Å²) in [5, 5.41) is 0. The van der Waals surface area contributed by atoms with Crippen molar-refractivity contribution in [3.63, 3.8) is 0 Å². The highest BCUT2D eigenvalue weighted by Crippen LogP contribution is 2.26. The number of hydroxylamine groups is 1. The second-order valence-corrected chi connectivity index (χ2v) is 5.15. The molecular weight excluding hydrogens is 308 g/mol. The summed E-state index contributed by atoms with van der Waals surface area (Å²) in [5.74, 6) is -2.19. The molecule has 1 aromatic rings. The molecule has 6 heteroatoms. The molecule has 2 rings (SSSR count). The van der Waals surface area contributed by atoms with E-state index in [-0.39, 0.29) is 10.0 Å². The van der Waals surface area contributed by atoms with Crippen molar-refractivity contribution in [2.75, 3.05) is 6.61 Å². The van der Waals surface area contributed by atoms with E-state index in [1.807, 2.05) is 0 Å². The largest absolute Gasteiger partial charge is 0.274 e. The molecule has 1 saturated carbocycles. The molecule has 1 fully saturated rings. The molecule has 0 spiro atoms. The third-order valence-corrected chi connectivity index (χ3v) is 3.53. The van der Waals surface area contributed by atoms with Crippen LogP contribution in [0.2, 0.25) is 0 Å². The Bertz CT molecular complexity index is 440. The molecule has 0 atom stereocenters. The van der Waals surface area contributed by atoms with Crippen molar-refractivity contribution >= 4 is 21.8 Å². The maximum absolute atomic E-state index is 13.1. The van der Waals surface area contributed by atoms with Gasteiger partial charge in [0, 0.05) is 5.56 Å². The maximum Gasteiger partial charge on any atom is 0.274 e. The molecule has 3 nitrogen and oxygen atoms in total. The van der Waals surface area contributed by atoms with E-state index in [0.717, 1.165) is 18.9 Å². The van der Waals surface area contributed by atoms with Crippen molar-refractivity contribution in [2.45, 2.75) is 19.3 Å². The zero-order valence-corrected chi connectivity index (χ0v) is 11.1. The standard InChI is InChI=1S/C12H12BrF2NO2/c13-9-4-8(5-10(14)11(9)15)12(17)16-18-6-7-2-1-3-7/h4-5,7H,1-3,6H2,(H,16,17). The molecule has 0 unspecified atom stereocenters. The number of amides is 1. The summed E-state index contributed by atoms with van der Waals surface area (Å²) in [7, 11) is 0. The molecule has 98 valence electrons. The van der Waals surface area contributed by atoms with Gasteiger partial charge >= 0.3 is 0 Å². The minimum absolute atomic E-state index is 0.00869. The van der Waals surface area contributed by atoms with E-state index in [2.05, 4.69) is 21.4 Å². The first-order valence-electron chi connectivity index (χ1n) is 5.64. The molecule has 0 aromatic heterocycles. The number of hydrogen-bond acceptors (Lipinski definition) is 2. The first kappa shape index (κ1) is 13.4. The molecule has 1 amide bonds. The molecule has 0 aliphatic heterocycles. The van der Waals surface area contributed by atoms with Crippen LogP contribution in [-0.4, -0.2) is 12.5 Å². The number of carbonyl (C=O) groups is 1. The van der Waals surface area contributed by atoms with Gasteiger partial charge in [0.25, 0.3) is 5.91 Å². The van der Waals surface area contributed by atoms with E-state index in [4.69, 9.17) is 4.84 Å². The lowest BCUT2D eigenvalue weighted by molar-refractivity contribution is 0.00315. The van der Waals surface area contributed by atoms with Crippen LogP contribution in [0.25, 0.3) is 0 Å². The van der Waals surface area contributed by atoms with E-state index < -0.39 is 17.5 Å². The topological polar surface area (TPSA) is 38.3 Å². The lowest BCUT2D eigenvalue weighted by Gasteiger charge is -2.24. The fourth-order valence-electron chi connectivity index (χ4n) is 1.63. The van der Waals surface area contributed by atoms with E-state index in [9.17, 15) is 13.6 Å². The lowest BCUT2D eigenvalue weighted by Crippen LogP contribution is -2.28. The molecule has 1 aromatic carbocycles. The Balaban J connectivity index is 1.91. The minimum Gasteiger partial charge on any atom is -0.273 e. The summed E-state index contributed by atoms with van der Waals surface area (Å²) in [5.41, 5.74) is 2.23. The number of rotatable bonds is 4. The van der Waals surface area contributed by atoms with Gasteiger partial charge < -0.3 is 0 Å². The molecule has 1 N–H and O–H groups in total. The summed E-state index contributed by atoms with van der Waals surface area (Å²) in [6, 6.07) is 2.04. The number of halogens is 3. The van der Waals surface area contributed by atoms with Crippen LogP contribution in [0.15, 0.2) is 16.6 Å². The minimum atomic E-state index is -1.08. The zero-order valence-electron chi connectivity index (χ0n) is 9.51. The average molecular weight is 320 g/mol. The van der Waals surface area contributed by atoms with Crippen molar-refractivity contribution in [2.24, 2.45) is 5.92 Å². The summed E-state index contributed by atoms with van der Waals surface area (Å²) < 4.78 is 26.0. The van der Waals surface area contributed by atoms with Crippen LogP contribution in [0.4, 0.5) is 8.78 Å². The number of carbonyl (C=O) groups excluding carboxylic acids is 1. The van der Waals surface area contributed by atoms with Gasteiger partial charge in [0.1, 0.15) is 0 Å². The van der Waals surface area contributed by atoms with Gasteiger partial charge in [-0.25, -0.2) is 14.3 Å². The predicted molar refractivity (Wildman–Crippen MR) is 64.8 cm³/mol. The fourth-order valence-corrected chi connectivity index (χ4v) is 2.07. The molecule has 0 radical (unpaired) electrons. The molecule has 0 heterocycles. The van der Waals surface area contributed by atoms with Gasteiger partial charge in [-0.2, -0.15) is 0 Å². The molecular formula is C12H12BrF2NO2. The third-order valence-electron chi connectivity index (χ3n) is 2.95. The van der Waals surface area contributed by atoms with Gasteiger partial charge in [-0.05, 0) is 46.8 Å². The summed E-state index contributed by atoms with van der Waals surface area (Å²) >= 11 is 2.84. The van der Waals surface area contributed by atoms with Gasteiger partial charge in [0.05, 0.1) is 11.1 Å². The van der Waals surface area contributed by atoms with Crippen molar-refractivity contribution in [1.29, 1.82) is 0 Å². The predicted octanol–water partition coefficient (Wildman–Crippen LogP) is 3.19. The van der Waals surface area contributed by atoms with Crippen LogP contribution in [0.3, 0.4) is 0 Å². The van der Waals surface area contributed by atoms with Crippen LogP contribution in [-0.2, 0) is 4.84 Å². The van der Waals surface area contributed by atoms with Crippen LogP contribution >= 0.6 is 15.9 Å². The Kier molecular flexibility index (Phi) is 4.29. The van der Waals surface area contributed by atoms with Gasteiger partial charge in [-0.1, -0.05) is 6.42 Å². The van der Waals surface area contributed by atoms with Crippen LogP contribution < -0.4 is 5.48 Å². The lowest BCUT2D eigenvalue weighted by atomic mass is 9.86. The van der Waals surface area contributed by atoms with E-state index in [1.54, 1.807) is 0 Å². The molecule has 1 aliphatic carbocycles. The fraction of sp³-hybridized carbons (Fsp3) is 0.417. The van der Waals surface area contributed by atoms with E-state index in [1.165, 1.54) is 12.5 Å². The normalized spacial score (nSPS) is 15.3. The second kappa shape index (κ2) is 5.75. The first-order valence-corrected chi connectivity index (χ1v) is 6.44. The van der Waals surface area contributed by atoms with Crippen LogP contribution in [0.1, 0.15) is 29.6 Å². The molecule has 0 bridgehead atoms. The van der Waals surface area contributed by atoms with Crippen molar-refractivity contribution in [1.82, 2.24) is 5.48 Å². The zero-order chi connectivity index (χ0) is 13.1. The van der Waals surface area contributed by atoms with Gasteiger partial charge in [0.2, 0.25) is 0 Å². The Morgan fingerprint density at radius 3 is 2.72 bits per heavy atom. The Morgan fingerprint density at radius 2 is 2.17 bits per heavy atom. The Morgan fingerprint density at radius 1 is 1.44 bits per heavy atom. The number of nitrogens with one attached hydrogen (secondary N) is 1. The van der Waals surface area contributed by atoms with Crippen molar-refractivity contribution in [3.05, 3.63) is 33.8 Å². The second-order valence-electron chi connectivity index (χ2n) is 4.29. The molecule has 1 aliphatic rings. The van der Waals surface area contributed by atoms with E-state index >= 15 is 0 Å².